The van der Waals surface area contributed by atoms with Gasteiger partial charge in [-0.25, -0.2) is 0 Å². The van der Waals surface area contributed by atoms with Crippen molar-refractivity contribution < 1.29 is 18.0 Å². The average molecular weight is 307 g/mol. The number of halogens is 4. The molecule has 20 heavy (non-hydrogen) atoms. The zero-order valence-corrected chi connectivity index (χ0v) is 11.3. The molecule has 0 spiro atoms. The fourth-order valence-electron chi connectivity index (χ4n) is 2.04. The molecule has 2 N–H and O–H groups in total. The number of amides is 1. The summed E-state index contributed by atoms with van der Waals surface area (Å²) in [7, 11) is 0. The van der Waals surface area contributed by atoms with Gasteiger partial charge in [0.05, 0.1) is 13.1 Å². The van der Waals surface area contributed by atoms with E-state index in [-0.39, 0.29) is 18.5 Å². The van der Waals surface area contributed by atoms with E-state index >= 15 is 0 Å². The highest BCUT2D eigenvalue weighted by molar-refractivity contribution is 6.30. The first-order valence-electron chi connectivity index (χ1n) is 6.17. The average Bonchev–Trinajstić information content (AvgIpc) is 3.06. The fourth-order valence-corrected chi connectivity index (χ4v) is 2.23. The van der Waals surface area contributed by atoms with Gasteiger partial charge in [-0.05, 0) is 24.1 Å². The van der Waals surface area contributed by atoms with Crippen molar-refractivity contribution in [1.29, 1.82) is 0 Å². The van der Waals surface area contributed by atoms with Gasteiger partial charge in [-0.3, -0.25) is 4.79 Å². The highest BCUT2D eigenvalue weighted by Crippen LogP contribution is 2.41. The molecule has 1 saturated carbocycles. The third kappa shape index (κ3) is 4.68. The molecule has 0 unspecified atom stereocenters. The monoisotopic (exact) mass is 306 g/mol. The van der Waals surface area contributed by atoms with E-state index in [9.17, 15) is 18.0 Å². The number of benzene rings is 1. The summed E-state index contributed by atoms with van der Waals surface area (Å²) in [6, 6.07) is 7.33. The maximum atomic E-state index is 11.9. The predicted octanol–water partition coefficient (Wildman–Crippen LogP) is 2.46. The third-order valence-electron chi connectivity index (χ3n) is 3.02. The number of carbonyl (C=O) groups excluding carboxylic acids is 1. The molecule has 0 heterocycles. The van der Waals surface area contributed by atoms with E-state index in [0.717, 1.165) is 12.0 Å². The van der Waals surface area contributed by atoms with Gasteiger partial charge in [0, 0.05) is 17.0 Å². The predicted molar refractivity (Wildman–Crippen MR) is 69.7 cm³/mol. The lowest BCUT2D eigenvalue weighted by Crippen LogP contribution is -2.39. The molecule has 1 amide bonds. The van der Waals surface area contributed by atoms with Crippen LogP contribution >= 0.6 is 11.6 Å². The van der Waals surface area contributed by atoms with E-state index in [1.54, 1.807) is 6.07 Å². The highest BCUT2D eigenvalue weighted by Gasteiger charge is 2.39. The summed E-state index contributed by atoms with van der Waals surface area (Å²) in [5.41, 5.74) is 1.03. The van der Waals surface area contributed by atoms with Crippen molar-refractivity contribution in [2.24, 2.45) is 0 Å². The van der Waals surface area contributed by atoms with Crippen LogP contribution in [0.3, 0.4) is 0 Å². The summed E-state index contributed by atoms with van der Waals surface area (Å²) in [6.07, 6.45) is -3.52. The van der Waals surface area contributed by atoms with Crippen molar-refractivity contribution in [3.8, 4) is 0 Å². The Bertz CT molecular complexity index is 493. The van der Waals surface area contributed by atoms with Crippen LogP contribution in [0.25, 0.3) is 0 Å². The molecule has 2 rings (SSSR count). The van der Waals surface area contributed by atoms with Gasteiger partial charge >= 0.3 is 6.18 Å². The first-order valence-corrected chi connectivity index (χ1v) is 6.55. The lowest BCUT2D eigenvalue weighted by Gasteiger charge is -2.08. The standard InChI is InChI=1S/C13H14ClF3N2O/c14-9-3-1-2-8(4-9)10-5-11(10)19-12(20)6-18-7-13(15,16)17/h1-4,10-11,18H,5-7H2,(H,19,20)/t10-,11-/m1/s1. The summed E-state index contributed by atoms with van der Waals surface area (Å²) in [5, 5.41) is 5.39. The van der Waals surface area contributed by atoms with Gasteiger partial charge < -0.3 is 10.6 Å². The molecule has 0 aromatic heterocycles. The second-order valence-electron chi connectivity index (χ2n) is 4.79. The van der Waals surface area contributed by atoms with Gasteiger partial charge in [-0.15, -0.1) is 0 Å². The van der Waals surface area contributed by atoms with Crippen molar-refractivity contribution in [3.05, 3.63) is 34.9 Å². The van der Waals surface area contributed by atoms with Crippen LogP contribution < -0.4 is 10.6 Å². The van der Waals surface area contributed by atoms with Crippen LogP contribution in [0.15, 0.2) is 24.3 Å². The lowest BCUT2D eigenvalue weighted by atomic mass is 10.1. The van der Waals surface area contributed by atoms with Gasteiger partial charge in [0.2, 0.25) is 5.91 Å². The number of hydrogen-bond donors (Lipinski definition) is 2. The molecule has 0 aliphatic heterocycles. The fraction of sp³-hybridized carbons (Fsp3) is 0.462. The smallest absolute Gasteiger partial charge is 0.352 e. The molecule has 0 saturated heterocycles. The van der Waals surface area contributed by atoms with E-state index in [2.05, 4.69) is 10.6 Å². The van der Waals surface area contributed by atoms with Crippen LogP contribution in [-0.2, 0) is 4.79 Å². The minimum Gasteiger partial charge on any atom is -0.352 e. The summed E-state index contributed by atoms with van der Waals surface area (Å²) in [5.74, 6) is -0.232. The Labute approximate surface area is 119 Å². The van der Waals surface area contributed by atoms with Gasteiger partial charge in [0.25, 0.3) is 0 Å². The summed E-state index contributed by atoms with van der Waals surface area (Å²) in [4.78, 5) is 11.5. The molecule has 2 atom stereocenters. The molecular weight excluding hydrogens is 293 g/mol. The van der Waals surface area contributed by atoms with Crippen molar-refractivity contribution in [1.82, 2.24) is 10.6 Å². The van der Waals surface area contributed by atoms with Crippen molar-refractivity contribution in [2.45, 2.75) is 24.6 Å². The SMILES string of the molecule is O=C(CNCC(F)(F)F)N[C@@H]1C[C@@H]1c1cccc(Cl)c1. The molecule has 1 aromatic rings. The Morgan fingerprint density at radius 2 is 2.15 bits per heavy atom. The topological polar surface area (TPSA) is 41.1 Å². The van der Waals surface area contributed by atoms with Crippen LogP contribution in [0.4, 0.5) is 13.2 Å². The molecule has 110 valence electrons. The molecule has 1 aliphatic carbocycles. The lowest BCUT2D eigenvalue weighted by molar-refractivity contribution is -0.128. The Kier molecular flexibility index (Phi) is 4.55. The van der Waals surface area contributed by atoms with E-state index in [1.807, 2.05) is 18.2 Å². The zero-order chi connectivity index (χ0) is 14.8. The quantitative estimate of drug-likeness (QED) is 0.877. The Hall–Kier alpha value is -1.27. The summed E-state index contributed by atoms with van der Waals surface area (Å²) < 4.78 is 35.7. The highest BCUT2D eigenvalue weighted by atomic mass is 35.5. The maximum absolute atomic E-state index is 11.9. The molecule has 0 radical (unpaired) electrons. The summed E-state index contributed by atoms with van der Waals surface area (Å²) >= 11 is 5.88. The summed E-state index contributed by atoms with van der Waals surface area (Å²) in [6.45, 7) is -1.50. The molecule has 0 bridgehead atoms. The number of hydrogen-bond acceptors (Lipinski definition) is 2. The molecule has 1 aromatic carbocycles. The second-order valence-corrected chi connectivity index (χ2v) is 5.23. The Morgan fingerprint density at radius 1 is 1.40 bits per heavy atom. The van der Waals surface area contributed by atoms with E-state index in [1.165, 1.54) is 0 Å². The Balaban J connectivity index is 1.72. The van der Waals surface area contributed by atoms with E-state index in [4.69, 9.17) is 11.6 Å². The van der Waals surface area contributed by atoms with Crippen molar-refractivity contribution >= 4 is 17.5 Å². The van der Waals surface area contributed by atoms with Crippen LogP contribution in [0, 0.1) is 0 Å². The number of alkyl halides is 3. The molecule has 7 heteroatoms. The van der Waals surface area contributed by atoms with Crippen molar-refractivity contribution in [3.63, 3.8) is 0 Å². The number of carbonyl (C=O) groups is 1. The van der Waals surface area contributed by atoms with Gasteiger partial charge in [0.15, 0.2) is 0 Å². The van der Waals surface area contributed by atoms with Crippen molar-refractivity contribution in [2.75, 3.05) is 13.1 Å². The Morgan fingerprint density at radius 3 is 2.80 bits per heavy atom. The first-order chi connectivity index (χ1) is 9.35. The minimum atomic E-state index is -4.30. The first kappa shape index (κ1) is 15.1. The minimum absolute atomic E-state index is 0.0198. The van der Waals surface area contributed by atoms with Gasteiger partial charge in [0.1, 0.15) is 0 Å². The van der Waals surface area contributed by atoms with E-state index in [0.29, 0.717) is 5.02 Å². The largest absolute Gasteiger partial charge is 0.401 e. The van der Waals surface area contributed by atoms with Gasteiger partial charge in [-0.2, -0.15) is 13.2 Å². The third-order valence-corrected chi connectivity index (χ3v) is 3.26. The number of nitrogens with one attached hydrogen (secondary N) is 2. The molecule has 3 nitrogen and oxygen atoms in total. The van der Waals surface area contributed by atoms with Gasteiger partial charge in [-0.1, -0.05) is 23.7 Å². The van der Waals surface area contributed by atoms with Crippen LogP contribution in [0.5, 0.6) is 0 Å². The molecule has 1 aliphatic rings. The normalized spacial score (nSPS) is 21.6. The van der Waals surface area contributed by atoms with Crippen LogP contribution in [-0.4, -0.2) is 31.2 Å². The van der Waals surface area contributed by atoms with Crippen LogP contribution in [0.1, 0.15) is 17.9 Å². The molecule has 1 fully saturated rings. The van der Waals surface area contributed by atoms with E-state index < -0.39 is 18.6 Å². The molecular formula is C13H14ClF3N2O. The second kappa shape index (κ2) is 6.01. The maximum Gasteiger partial charge on any atom is 0.401 e. The number of rotatable bonds is 5. The zero-order valence-electron chi connectivity index (χ0n) is 10.5. The van der Waals surface area contributed by atoms with Crippen LogP contribution in [0.2, 0.25) is 5.02 Å².